The minimum absolute atomic E-state index is 0.109. The van der Waals surface area contributed by atoms with Gasteiger partial charge >= 0.3 is 0 Å². The Labute approximate surface area is 138 Å². The number of fused-ring (bicyclic) bond motifs is 1. The smallest absolute Gasteiger partial charge is 0.162 e. The van der Waals surface area contributed by atoms with E-state index in [1.54, 1.807) is 14.2 Å². The summed E-state index contributed by atoms with van der Waals surface area (Å²) < 4.78 is 10.9. The van der Waals surface area contributed by atoms with Crippen LogP contribution in [0.15, 0.2) is 12.1 Å². The number of hydrogen-bond acceptors (Lipinski definition) is 5. The van der Waals surface area contributed by atoms with Gasteiger partial charge in [-0.25, -0.2) is 0 Å². The number of rotatable bonds is 4. The highest BCUT2D eigenvalue weighted by atomic mass is 16.5. The number of β-amino-alcohol motifs (C(OH)–C–C–N with tert-alkyl or cyclic N) is 1. The van der Waals surface area contributed by atoms with Crippen LogP contribution in [-0.4, -0.2) is 44.6 Å². The summed E-state index contributed by atoms with van der Waals surface area (Å²) >= 11 is 0. The van der Waals surface area contributed by atoms with Gasteiger partial charge < -0.3 is 24.8 Å². The highest BCUT2D eigenvalue weighted by Gasteiger charge is 2.38. The first-order valence-electron chi connectivity index (χ1n) is 8.61. The zero-order valence-electron chi connectivity index (χ0n) is 14.2. The summed E-state index contributed by atoms with van der Waals surface area (Å²) in [7, 11) is 3.32. The van der Waals surface area contributed by atoms with Crippen molar-refractivity contribution in [1.82, 2.24) is 0 Å². The zero-order valence-corrected chi connectivity index (χ0v) is 14.2. The lowest BCUT2D eigenvalue weighted by molar-refractivity contribution is 0.293. The van der Waals surface area contributed by atoms with Crippen molar-refractivity contribution in [2.24, 2.45) is 0 Å². The molecule has 0 aromatic heterocycles. The summed E-state index contributed by atoms with van der Waals surface area (Å²) in [5, 5.41) is 13.3. The molecule has 0 atom stereocenters. The van der Waals surface area contributed by atoms with E-state index in [0.717, 1.165) is 29.4 Å². The molecule has 0 bridgehead atoms. The van der Waals surface area contributed by atoms with Crippen molar-refractivity contribution >= 4 is 11.4 Å². The summed E-state index contributed by atoms with van der Waals surface area (Å²) in [6, 6.07) is 4.05. The number of anilines is 2. The fraction of sp³-hybridized carbons (Fsp3) is 0.667. The van der Waals surface area contributed by atoms with Crippen molar-refractivity contribution in [3.8, 4) is 11.5 Å². The Bertz CT molecular complexity index is 539. The summed E-state index contributed by atoms with van der Waals surface area (Å²) in [6.07, 6.45) is 7.54. The molecular weight excluding hydrogens is 292 g/mol. The van der Waals surface area contributed by atoms with Crippen molar-refractivity contribution in [3.05, 3.63) is 12.1 Å². The standard InChI is InChI=1S/C18H28N2O3/c1-22-16-11-14-15(12-17(16)23-2)20(9-10-21)13-18(19-14)7-5-3-4-6-8-18/h11-12,19,21H,3-10,13H2,1-2H3. The van der Waals surface area contributed by atoms with E-state index in [4.69, 9.17) is 9.47 Å². The Morgan fingerprint density at radius 2 is 1.74 bits per heavy atom. The van der Waals surface area contributed by atoms with Crippen LogP contribution in [0.25, 0.3) is 0 Å². The summed E-state index contributed by atoms with van der Waals surface area (Å²) in [5.41, 5.74) is 2.29. The lowest BCUT2D eigenvalue weighted by Crippen LogP contribution is -2.53. The first-order chi connectivity index (χ1) is 11.2. The van der Waals surface area contributed by atoms with Gasteiger partial charge in [-0.3, -0.25) is 0 Å². The normalized spacial score (nSPS) is 19.7. The van der Waals surface area contributed by atoms with Gasteiger partial charge in [0.25, 0.3) is 0 Å². The molecule has 2 N–H and O–H groups in total. The average molecular weight is 320 g/mol. The van der Waals surface area contributed by atoms with Crippen molar-refractivity contribution in [3.63, 3.8) is 0 Å². The number of nitrogens with zero attached hydrogens (tertiary/aromatic N) is 1. The molecule has 0 unspecified atom stereocenters. The van der Waals surface area contributed by atoms with E-state index in [-0.39, 0.29) is 12.1 Å². The topological polar surface area (TPSA) is 54.0 Å². The lowest BCUT2D eigenvalue weighted by atomic mass is 9.86. The van der Waals surface area contributed by atoms with E-state index in [1.165, 1.54) is 38.5 Å². The van der Waals surface area contributed by atoms with Gasteiger partial charge in [-0.2, -0.15) is 0 Å². The van der Waals surface area contributed by atoms with Crippen LogP contribution in [0.2, 0.25) is 0 Å². The molecule has 0 saturated heterocycles. The second-order valence-electron chi connectivity index (χ2n) is 6.69. The van der Waals surface area contributed by atoms with Crippen LogP contribution in [0.4, 0.5) is 11.4 Å². The van der Waals surface area contributed by atoms with Crippen LogP contribution < -0.4 is 19.7 Å². The number of methoxy groups -OCH3 is 2. The maximum Gasteiger partial charge on any atom is 0.162 e. The third kappa shape index (κ3) is 3.20. The van der Waals surface area contributed by atoms with Crippen molar-refractivity contribution in [1.29, 1.82) is 0 Å². The van der Waals surface area contributed by atoms with E-state index in [9.17, 15) is 5.11 Å². The molecule has 1 heterocycles. The Hall–Kier alpha value is -1.62. The van der Waals surface area contributed by atoms with Crippen LogP contribution in [0.1, 0.15) is 38.5 Å². The minimum atomic E-state index is 0.109. The first kappa shape index (κ1) is 16.2. The Morgan fingerprint density at radius 3 is 2.35 bits per heavy atom. The molecule has 1 spiro atoms. The van der Waals surface area contributed by atoms with E-state index < -0.39 is 0 Å². The molecule has 1 aromatic carbocycles. The van der Waals surface area contributed by atoms with Crippen LogP contribution in [0.5, 0.6) is 11.5 Å². The molecule has 1 fully saturated rings. The Kier molecular flexibility index (Phi) is 4.85. The number of ether oxygens (including phenoxy) is 2. The molecule has 1 aliphatic carbocycles. The molecular formula is C18H28N2O3. The Balaban J connectivity index is 1.99. The van der Waals surface area contributed by atoms with Gasteiger partial charge in [0.2, 0.25) is 0 Å². The summed E-state index contributed by atoms with van der Waals surface area (Å²) in [4.78, 5) is 2.29. The molecule has 128 valence electrons. The van der Waals surface area contributed by atoms with Crippen molar-refractivity contribution in [2.45, 2.75) is 44.1 Å². The summed E-state index contributed by atoms with van der Waals surface area (Å²) in [5.74, 6) is 1.47. The molecule has 0 radical (unpaired) electrons. The van der Waals surface area contributed by atoms with Gasteiger partial charge in [-0.05, 0) is 12.8 Å². The van der Waals surface area contributed by atoms with Gasteiger partial charge in [-0.1, -0.05) is 25.7 Å². The van der Waals surface area contributed by atoms with Crippen LogP contribution in [0.3, 0.4) is 0 Å². The SMILES string of the molecule is COc1cc2c(cc1OC)N(CCO)CC1(CCCCCC1)N2. The summed E-state index contributed by atoms with van der Waals surface area (Å²) in [6.45, 7) is 1.74. The third-order valence-corrected chi connectivity index (χ3v) is 5.17. The predicted molar refractivity (Wildman–Crippen MR) is 92.9 cm³/mol. The first-order valence-corrected chi connectivity index (χ1v) is 8.61. The fourth-order valence-electron chi connectivity index (χ4n) is 4.01. The number of hydrogen-bond donors (Lipinski definition) is 2. The van der Waals surface area contributed by atoms with Gasteiger partial charge in [-0.15, -0.1) is 0 Å². The molecule has 2 aliphatic rings. The highest BCUT2D eigenvalue weighted by molar-refractivity contribution is 5.78. The van der Waals surface area contributed by atoms with E-state index in [0.29, 0.717) is 6.54 Å². The van der Waals surface area contributed by atoms with Crippen LogP contribution in [-0.2, 0) is 0 Å². The maximum atomic E-state index is 9.50. The monoisotopic (exact) mass is 320 g/mol. The van der Waals surface area contributed by atoms with E-state index in [2.05, 4.69) is 10.2 Å². The molecule has 3 rings (SSSR count). The molecule has 0 amide bonds. The molecule has 1 aromatic rings. The quantitative estimate of drug-likeness (QED) is 0.893. The van der Waals surface area contributed by atoms with Gasteiger partial charge in [0.15, 0.2) is 11.5 Å². The van der Waals surface area contributed by atoms with Crippen LogP contribution in [0, 0.1) is 0 Å². The van der Waals surface area contributed by atoms with Crippen molar-refractivity contribution in [2.75, 3.05) is 44.1 Å². The highest BCUT2D eigenvalue weighted by Crippen LogP contribution is 2.45. The minimum Gasteiger partial charge on any atom is -0.493 e. The molecule has 5 nitrogen and oxygen atoms in total. The average Bonchev–Trinajstić information content (AvgIpc) is 2.79. The maximum absolute atomic E-state index is 9.50. The number of nitrogens with one attached hydrogen (secondary N) is 1. The number of aliphatic hydroxyl groups excluding tert-OH is 1. The second kappa shape index (κ2) is 6.87. The number of benzene rings is 1. The number of aliphatic hydroxyl groups is 1. The molecule has 5 heteroatoms. The van der Waals surface area contributed by atoms with E-state index >= 15 is 0 Å². The van der Waals surface area contributed by atoms with Gasteiger partial charge in [0.05, 0.1) is 37.7 Å². The van der Waals surface area contributed by atoms with E-state index in [1.807, 2.05) is 12.1 Å². The molecule has 1 aliphatic heterocycles. The van der Waals surface area contributed by atoms with Gasteiger partial charge in [0, 0.05) is 25.2 Å². The lowest BCUT2D eigenvalue weighted by Gasteiger charge is -2.46. The second-order valence-corrected chi connectivity index (χ2v) is 6.69. The van der Waals surface area contributed by atoms with Crippen LogP contribution >= 0.6 is 0 Å². The zero-order chi connectivity index (χ0) is 16.3. The fourth-order valence-corrected chi connectivity index (χ4v) is 4.01. The Morgan fingerprint density at radius 1 is 1.09 bits per heavy atom. The van der Waals surface area contributed by atoms with Crippen molar-refractivity contribution < 1.29 is 14.6 Å². The van der Waals surface area contributed by atoms with Gasteiger partial charge in [0.1, 0.15) is 0 Å². The predicted octanol–water partition coefficient (Wildman–Crippen LogP) is 3.02. The third-order valence-electron chi connectivity index (χ3n) is 5.17. The largest absolute Gasteiger partial charge is 0.493 e. The molecule has 23 heavy (non-hydrogen) atoms. The molecule has 1 saturated carbocycles.